The van der Waals surface area contributed by atoms with Crippen LogP contribution in [0.4, 0.5) is 0 Å². The Morgan fingerprint density at radius 3 is 2.44 bits per heavy atom. The molecule has 1 aromatic rings. The minimum Gasteiger partial charge on any atom is -0.496 e. The highest BCUT2D eigenvalue weighted by atomic mass is 16.6. The quantitative estimate of drug-likeness (QED) is 0.561. The molecule has 16 heavy (non-hydrogen) atoms. The first-order valence-corrected chi connectivity index (χ1v) is 5.07. The van der Waals surface area contributed by atoms with E-state index in [2.05, 4.69) is 4.74 Å². The number of carbonyl (C=O) groups excluding carboxylic acids is 2. The highest BCUT2D eigenvalue weighted by molar-refractivity contribution is 5.89. The van der Waals surface area contributed by atoms with Gasteiger partial charge in [0.1, 0.15) is 5.75 Å². The second kappa shape index (κ2) is 4.35. The van der Waals surface area contributed by atoms with Gasteiger partial charge in [-0.05, 0) is 11.6 Å². The summed E-state index contributed by atoms with van der Waals surface area (Å²) >= 11 is 0. The number of benzene rings is 1. The SMILES string of the molecule is COc1ccccc1C1CC(=O)OC(=O)C1. The molecular weight excluding hydrogens is 208 g/mol. The summed E-state index contributed by atoms with van der Waals surface area (Å²) in [6.45, 7) is 0. The Kier molecular flexibility index (Phi) is 2.90. The molecule has 1 fully saturated rings. The largest absolute Gasteiger partial charge is 0.496 e. The summed E-state index contributed by atoms with van der Waals surface area (Å²) < 4.78 is 9.70. The maximum Gasteiger partial charge on any atom is 0.314 e. The molecule has 0 N–H and O–H groups in total. The third-order valence-electron chi connectivity index (χ3n) is 2.63. The lowest BCUT2D eigenvalue weighted by atomic mass is 9.90. The smallest absolute Gasteiger partial charge is 0.314 e. The van der Waals surface area contributed by atoms with Gasteiger partial charge in [-0.3, -0.25) is 9.59 Å². The molecule has 0 unspecified atom stereocenters. The van der Waals surface area contributed by atoms with E-state index in [1.54, 1.807) is 7.11 Å². The molecule has 0 amide bonds. The van der Waals surface area contributed by atoms with Crippen molar-refractivity contribution >= 4 is 11.9 Å². The van der Waals surface area contributed by atoms with Gasteiger partial charge in [-0.2, -0.15) is 0 Å². The number of hydrogen-bond donors (Lipinski definition) is 0. The van der Waals surface area contributed by atoms with Crippen LogP contribution < -0.4 is 4.74 Å². The molecule has 0 spiro atoms. The van der Waals surface area contributed by atoms with Crippen molar-refractivity contribution in [2.45, 2.75) is 18.8 Å². The number of esters is 2. The minimum absolute atomic E-state index is 0.134. The van der Waals surface area contributed by atoms with Gasteiger partial charge in [-0.15, -0.1) is 0 Å². The van der Waals surface area contributed by atoms with Crippen molar-refractivity contribution in [3.8, 4) is 5.75 Å². The van der Waals surface area contributed by atoms with Gasteiger partial charge >= 0.3 is 11.9 Å². The zero-order valence-electron chi connectivity index (χ0n) is 8.93. The van der Waals surface area contributed by atoms with Crippen molar-refractivity contribution in [3.05, 3.63) is 29.8 Å². The topological polar surface area (TPSA) is 52.6 Å². The third-order valence-corrected chi connectivity index (χ3v) is 2.63. The van der Waals surface area contributed by atoms with Gasteiger partial charge in [0, 0.05) is 5.92 Å². The first-order valence-electron chi connectivity index (χ1n) is 5.07. The minimum atomic E-state index is -0.466. The molecule has 1 saturated heterocycles. The molecule has 0 bridgehead atoms. The summed E-state index contributed by atoms with van der Waals surface area (Å²) in [5, 5.41) is 0. The van der Waals surface area contributed by atoms with E-state index >= 15 is 0 Å². The van der Waals surface area contributed by atoms with Gasteiger partial charge in [-0.1, -0.05) is 18.2 Å². The fraction of sp³-hybridized carbons (Fsp3) is 0.333. The average molecular weight is 220 g/mol. The van der Waals surface area contributed by atoms with E-state index in [1.807, 2.05) is 24.3 Å². The number of hydrogen-bond acceptors (Lipinski definition) is 4. The molecule has 0 aromatic heterocycles. The molecule has 4 heteroatoms. The Balaban J connectivity index is 2.29. The van der Waals surface area contributed by atoms with Gasteiger partial charge in [0.15, 0.2) is 0 Å². The van der Waals surface area contributed by atoms with Crippen molar-refractivity contribution in [2.75, 3.05) is 7.11 Å². The molecule has 1 aliphatic rings. The van der Waals surface area contributed by atoms with E-state index in [-0.39, 0.29) is 18.8 Å². The van der Waals surface area contributed by atoms with Gasteiger partial charge in [0.05, 0.1) is 20.0 Å². The molecule has 0 saturated carbocycles. The van der Waals surface area contributed by atoms with Gasteiger partial charge in [-0.25, -0.2) is 0 Å². The van der Waals surface area contributed by atoms with Crippen LogP contribution in [-0.2, 0) is 14.3 Å². The number of carbonyl (C=O) groups is 2. The average Bonchev–Trinajstić information content (AvgIpc) is 2.27. The van der Waals surface area contributed by atoms with Crippen molar-refractivity contribution in [1.82, 2.24) is 0 Å². The molecule has 4 nitrogen and oxygen atoms in total. The lowest BCUT2D eigenvalue weighted by molar-refractivity contribution is -0.163. The van der Waals surface area contributed by atoms with Crippen LogP contribution in [0.1, 0.15) is 24.3 Å². The third kappa shape index (κ3) is 2.05. The standard InChI is InChI=1S/C12H12O4/c1-15-10-5-3-2-4-9(10)8-6-11(13)16-12(14)7-8/h2-5,8H,6-7H2,1H3. The van der Waals surface area contributed by atoms with E-state index in [4.69, 9.17) is 4.74 Å². The molecule has 0 radical (unpaired) electrons. The maximum atomic E-state index is 11.2. The summed E-state index contributed by atoms with van der Waals surface area (Å²) in [6.07, 6.45) is 0.457. The number of methoxy groups -OCH3 is 1. The first kappa shape index (κ1) is 10.7. The van der Waals surface area contributed by atoms with Crippen LogP contribution in [0.5, 0.6) is 5.75 Å². The number of ether oxygens (including phenoxy) is 2. The lowest BCUT2D eigenvalue weighted by Crippen LogP contribution is -2.24. The molecule has 2 rings (SSSR count). The Labute approximate surface area is 93.2 Å². The monoisotopic (exact) mass is 220 g/mol. The second-order valence-electron chi connectivity index (χ2n) is 3.69. The van der Waals surface area contributed by atoms with Gasteiger partial charge in [0.2, 0.25) is 0 Å². The van der Waals surface area contributed by atoms with Crippen molar-refractivity contribution in [2.24, 2.45) is 0 Å². The molecule has 1 aliphatic heterocycles. The van der Waals surface area contributed by atoms with Crippen molar-refractivity contribution in [1.29, 1.82) is 0 Å². The van der Waals surface area contributed by atoms with E-state index in [0.717, 1.165) is 5.56 Å². The van der Waals surface area contributed by atoms with Crippen molar-refractivity contribution in [3.63, 3.8) is 0 Å². The van der Waals surface area contributed by atoms with E-state index in [0.29, 0.717) is 5.75 Å². The van der Waals surface area contributed by atoms with Crippen LogP contribution in [-0.4, -0.2) is 19.0 Å². The molecular formula is C12H12O4. The Morgan fingerprint density at radius 2 is 1.81 bits per heavy atom. The number of para-hydroxylation sites is 1. The summed E-state index contributed by atoms with van der Waals surface area (Å²) in [5.74, 6) is -0.362. The van der Waals surface area contributed by atoms with Crippen LogP contribution in [0.25, 0.3) is 0 Å². The van der Waals surface area contributed by atoms with Crippen LogP contribution in [0, 0.1) is 0 Å². The van der Waals surface area contributed by atoms with E-state index in [9.17, 15) is 9.59 Å². The number of rotatable bonds is 2. The Morgan fingerprint density at radius 1 is 1.19 bits per heavy atom. The first-order chi connectivity index (χ1) is 7.70. The van der Waals surface area contributed by atoms with Crippen LogP contribution >= 0.6 is 0 Å². The molecule has 0 aliphatic carbocycles. The van der Waals surface area contributed by atoms with Crippen LogP contribution in [0.3, 0.4) is 0 Å². The molecule has 1 aromatic carbocycles. The molecule has 0 atom stereocenters. The molecule has 1 heterocycles. The summed E-state index contributed by atoms with van der Waals surface area (Å²) in [5.41, 5.74) is 0.884. The molecule has 84 valence electrons. The maximum absolute atomic E-state index is 11.2. The summed E-state index contributed by atoms with van der Waals surface area (Å²) in [4.78, 5) is 22.3. The predicted molar refractivity (Wildman–Crippen MR) is 56.1 cm³/mol. The van der Waals surface area contributed by atoms with Crippen molar-refractivity contribution < 1.29 is 19.1 Å². The predicted octanol–water partition coefficient (Wildman–Crippen LogP) is 1.64. The van der Waals surface area contributed by atoms with Crippen LogP contribution in [0.2, 0.25) is 0 Å². The summed E-state index contributed by atoms with van der Waals surface area (Å²) in [6, 6.07) is 7.41. The number of cyclic esters (lactones) is 2. The lowest BCUT2D eigenvalue weighted by Gasteiger charge is -2.21. The van der Waals surface area contributed by atoms with E-state index < -0.39 is 11.9 Å². The zero-order valence-corrected chi connectivity index (χ0v) is 8.93. The Bertz CT molecular complexity index is 409. The highest BCUT2D eigenvalue weighted by Crippen LogP contribution is 2.33. The highest BCUT2D eigenvalue weighted by Gasteiger charge is 2.29. The fourth-order valence-electron chi connectivity index (χ4n) is 1.91. The van der Waals surface area contributed by atoms with Gasteiger partial charge < -0.3 is 9.47 Å². The zero-order chi connectivity index (χ0) is 11.5. The normalized spacial score (nSPS) is 17.1. The second-order valence-corrected chi connectivity index (χ2v) is 3.69. The fourth-order valence-corrected chi connectivity index (χ4v) is 1.91. The van der Waals surface area contributed by atoms with Crippen LogP contribution in [0.15, 0.2) is 24.3 Å². The Hall–Kier alpha value is -1.84. The summed E-state index contributed by atoms with van der Waals surface area (Å²) in [7, 11) is 1.57. The van der Waals surface area contributed by atoms with Gasteiger partial charge in [0.25, 0.3) is 0 Å². The van der Waals surface area contributed by atoms with E-state index in [1.165, 1.54) is 0 Å².